The molecule has 26 heavy (non-hydrogen) atoms. The zero-order chi connectivity index (χ0) is 19.3. The average Bonchev–Trinajstić information content (AvgIpc) is 3.03. The molecule has 1 amide bonds. The standard InChI is InChI=1S/C18H21N3O5/c1-5-21-10-14(15(20-21)18(24)26-11(2)3)19-16(22)12-6-8-13(9-7-12)17(23)25-4/h6-11H,5H2,1-4H3,(H,19,22). The van der Waals surface area contributed by atoms with E-state index in [1.807, 2.05) is 6.92 Å². The first-order chi connectivity index (χ1) is 12.3. The molecule has 1 heterocycles. The van der Waals surface area contributed by atoms with Crippen LogP contribution in [0.3, 0.4) is 0 Å². The van der Waals surface area contributed by atoms with Crippen LogP contribution in [-0.2, 0) is 16.0 Å². The molecule has 2 rings (SSSR count). The summed E-state index contributed by atoms with van der Waals surface area (Å²) in [5, 5.41) is 6.80. The molecule has 0 saturated heterocycles. The van der Waals surface area contributed by atoms with Crippen LogP contribution in [0.15, 0.2) is 30.5 Å². The predicted octanol–water partition coefficient (Wildman–Crippen LogP) is 2.51. The van der Waals surface area contributed by atoms with Crippen LogP contribution in [-0.4, -0.2) is 40.8 Å². The maximum absolute atomic E-state index is 12.4. The molecule has 0 bridgehead atoms. The van der Waals surface area contributed by atoms with Crippen LogP contribution in [0.5, 0.6) is 0 Å². The minimum atomic E-state index is -0.608. The van der Waals surface area contributed by atoms with Crippen molar-refractivity contribution in [2.24, 2.45) is 0 Å². The number of aromatic nitrogens is 2. The van der Waals surface area contributed by atoms with Crippen molar-refractivity contribution < 1.29 is 23.9 Å². The Labute approximate surface area is 151 Å². The molecule has 0 unspecified atom stereocenters. The molecule has 8 nitrogen and oxygen atoms in total. The third-order valence-electron chi connectivity index (χ3n) is 3.44. The second-order valence-electron chi connectivity index (χ2n) is 5.72. The number of methoxy groups -OCH3 is 1. The number of esters is 2. The molecule has 0 fully saturated rings. The lowest BCUT2D eigenvalue weighted by atomic mass is 10.1. The van der Waals surface area contributed by atoms with Gasteiger partial charge in [-0.25, -0.2) is 9.59 Å². The topological polar surface area (TPSA) is 99.5 Å². The van der Waals surface area contributed by atoms with Gasteiger partial charge in [0, 0.05) is 18.3 Å². The van der Waals surface area contributed by atoms with Crippen molar-refractivity contribution in [1.29, 1.82) is 0 Å². The zero-order valence-electron chi connectivity index (χ0n) is 15.1. The first-order valence-electron chi connectivity index (χ1n) is 8.13. The Morgan fingerprint density at radius 1 is 1.12 bits per heavy atom. The Morgan fingerprint density at radius 3 is 2.27 bits per heavy atom. The van der Waals surface area contributed by atoms with Crippen LogP contribution in [0.1, 0.15) is 52.0 Å². The molecule has 1 aromatic carbocycles. The Kier molecular flexibility index (Phi) is 6.11. The summed E-state index contributed by atoms with van der Waals surface area (Å²) in [5.74, 6) is -1.53. The molecule has 1 aromatic heterocycles. The quantitative estimate of drug-likeness (QED) is 0.796. The minimum absolute atomic E-state index is 0.0417. The molecular formula is C18H21N3O5. The van der Waals surface area contributed by atoms with E-state index in [1.165, 1.54) is 36.1 Å². The summed E-state index contributed by atoms with van der Waals surface area (Å²) in [4.78, 5) is 36.1. The highest BCUT2D eigenvalue weighted by atomic mass is 16.5. The van der Waals surface area contributed by atoms with E-state index in [4.69, 9.17) is 4.74 Å². The summed E-state index contributed by atoms with van der Waals surface area (Å²) < 4.78 is 11.3. The van der Waals surface area contributed by atoms with Crippen molar-refractivity contribution in [3.63, 3.8) is 0 Å². The van der Waals surface area contributed by atoms with E-state index in [-0.39, 0.29) is 17.5 Å². The zero-order valence-corrected chi connectivity index (χ0v) is 15.1. The lowest BCUT2D eigenvalue weighted by Gasteiger charge is -2.08. The number of nitrogens with one attached hydrogen (secondary N) is 1. The van der Waals surface area contributed by atoms with Crippen molar-refractivity contribution in [3.05, 3.63) is 47.3 Å². The molecule has 1 N–H and O–H groups in total. The number of carbonyl (C=O) groups is 3. The Morgan fingerprint density at radius 2 is 1.73 bits per heavy atom. The van der Waals surface area contributed by atoms with Crippen molar-refractivity contribution in [2.75, 3.05) is 12.4 Å². The molecule has 0 spiro atoms. The first kappa shape index (κ1) is 19.2. The second-order valence-corrected chi connectivity index (χ2v) is 5.72. The average molecular weight is 359 g/mol. The van der Waals surface area contributed by atoms with Crippen LogP contribution >= 0.6 is 0 Å². The van der Waals surface area contributed by atoms with Crippen LogP contribution in [0.4, 0.5) is 5.69 Å². The third-order valence-corrected chi connectivity index (χ3v) is 3.44. The fourth-order valence-corrected chi connectivity index (χ4v) is 2.17. The van der Waals surface area contributed by atoms with E-state index in [2.05, 4.69) is 15.2 Å². The SMILES string of the molecule is CCn1cc(NC(=O)c2ccc(C(=O)OC)cc2)c(C(=O)OC(C)C)n1. The van der Waals surface area contributed by atoms with Gasteiger partial charge in [0.25, 0.3) is 5.91 Å². The maximum atomic E-state index is 12.4. The van der Waals surface area contributed by atoms with Gasteiger partial charge in [0.15, 0.2) is 5.69 Å². The second kappa shape index (κ2) is 8.28. The molecule has 0 saturated carbocycles. The summed E-state index contributed by atoms with van der Waals surface area (Å²) in [6, 6.07) is 5.98. The molecular weight excluding hydrogens is 338 g/mol. The highest BCUT2D eigenvalue weighted by molar-refractivity contribution is 6.07. The number of rotatable bonds is 6. The van der Waals surface area contributed by atoms with Crippen molar-refractivity contribution in [3.8, 4) is 0 Å². The number of ether oxygens (including phenoxy) is 2. The number of aryl methyl sites for hydroxylation is 1. The number of amides is 1. The van der Waals surface area contributed by atoms with Crippen molar-refractivity contribution in [2.45, 2.75) is 33.4 Å². The van der Waals surface area contributed by atoms with Crippen LogP contribution in [0, 0.1) is 0 Å². The van der Waals surface area contributed by atoms with Crippen molar-refractivity contribution in [1.82, 2.24) is 9.78 Å². The van der Waals surface area contributed by atoms with Gasteiger partial charge in [-0.2, -0.15) is 5.10 Å². The molecule has 2 aromatic rings. The molecule has 8 heteroatoms. The van der Waals surface area contributed by atoms with Gasteiger partial charge in [0.2, 0.25) is 0 Å². The van der Waals surface area contributed by atoms with Gasteiger partial charge in [0.1, 0.15) is 0 Å². The van der Waals surface area contributed by atoms with Gasteiger partial charge in [-0.1, -0.05) is 0 Å². The van der Waals surface area contributed by atoms with E-state index in [9.17, 15) is 14.4 Å². The number of anilines is 1. The van der Waals surface area contributed by atoms with Gasteiger partial charge in [-0.3, -0.25) is 9.48 Å². The number of nitrogens with zero attached hydrogens (tertiary/aromatic N) is 2. The van der Waals surface area contributed by atoms with Gasteiger partial charge in [-0.15, -0.1) is 0 Å². The van der Waals surface area contributed by atoms with Crippen molar-refractivity contribution >= 4 is 23.5 Å². The molecule has 0 atom stereocenters. The van der Waals surface area contributed by atoms with E-state index in [1.54, 1.807) is 20.0 Å². The summed E-state index contributed by atoms with van der Waals surface area (Å²) in [7, 11) is 1.28. The smallest absolute Gasteiger partial charge is 0.361 e. The molecule has 0 aliphatic heterocycles. The van der Waals surface area contributed by atoms with Crippen LogP contribution < -0.4 is 5.32 Å². The van der Waals surface area contributed by atoms with E-state index < -0.39 is 17.8 Å². The number of carbonyl (C=O) groups excluding carboxylic acids is 3. The first-order valence-corrected chi connectivity index (χ1v) is 8.13. The Bertz CT molecular complexity index is 809. The molecule has 138 valence electrons. The number of hydrogen-bond acceptors (Lipinski definition) is 6. The predicted molar refractivity (Wildman–Crippen MR) is 94.2 cm³/mol. The van der Waals surface area contributed by atoms with E-state index in [0.717, 1.165) is 0 Å². The highest BCUT2D eigenvalue weighted by Crippen LogP contribution is 2.17. The summed E-state index contributed by atoms with van der Waals surface area (Å²) >= 11 is 0. The van der Waals surface area contributed by atoms with Gasteiger partial charge < -0.3 is 14.8 Å². The van der Waals surface area contributed by atoms with Crippen LogP contribution in [0.2, 0.25) is 0 Å². The lowest BCUT2D eigenvalue weighted by Crippen LogP contribution is -2.17. The maximum Gasteiger partial charge on any atom is 0.361 e. The Balaban J connectivity index is 2.21. The molecule has 0 aliphatic carbocycles. The normalized spacial score (nSPS) is 10.5. The minimum Gasteiger partial charge on any atom is -0.465 e. The monoisotopic (exact) mass is 359 g/mol. The number of benzene rings is 1. The van der Waals surface area contributed by atoms with Crippen LogP contribution in [0.25, 0.3) is 0 Å². The fraction of sp³-hybridized carbons (Fsp3) is 0.333. The summed E-state index contributed by atoms with van der Waals surface area (Å²) in [6.07, 6.45) is 1.26. The molecule has 0 aliphatic rings. The fourth-order valence-electron chi connectivity index (χ4n) is 2.17. The van der Waals surface area contributed by atoms with E-state index in [0.29, 0.717) is 17.7 Å². The summed E-state index contributed by atoms with van der Waals surface area (Å²) in [6.45, 7) is 5.86. The lowest BCUT2D eigenvalue weighted by molar-refractivity contribution is 0.0370. The Hall–Kier alpha value is -3.16. The van der Waals surface area contributed by atoms with Gasteiger partial charge in [-0.05, 0) is 45.0 Å². The molecule has 0 radical (unpaired) electrons. The number of hydrogen-bond donors (Lipinski definition) is 1. The van der Waals surface area contributed by atoms with E-state index >= 15 is 0 Å². The van der Waals surface area contributed by atoms with Gasteiger partial charge >= 0.3 is 11.9 Å². The third kappa shape index (κ3) is 4.47. The van der Waals surface area contributed by atoms with Gasteiger partial charge in [0.05, 0.1) is 24.5 Å². The highest BCUT2D eigenvalue weighted by Gasteiger charge is 2.21. The summed E-state index contributed by atoms with van der Waals surface area (Å²) in [5.41, 5.74) is 0.966. The largest absolute Gasteiger partial charge is 0.465 e.